The van der Waals surface area contributed by atoms with Crippen molar-refractivity contribution in [2.45, 2.75) is 13.3 Å². The molecule has 0 unspecified atom stereocenters. The average molecular weight is 237 g/mol. The molecule has 1 aromatic rings. The van der Waals surface area contributed by atoms with Crippen LogP contribution in [0, 0.1) is 12.7 Å². The van der Waals surface area contributed by atoms with Crippen LogP contribution in [0.1, 0.15) is 22.3 Å². The minimum absolute atomic E-state index is 0.0620. The van der Waals surface area contributed by atoms with Gasteiger partial charge in [-0.3, -0.25) is 9.59 Å². The van der Waals surface area contributed by atoms with E-state index in [2.05, 4.69) is 0 Å². The second-order valence-electron chi connectivity index (χ2n) is 3.98. The Labute approximate surface area is 97.7 Å². The minimum atomic E-state index is -0.680. The molecule has 1 heterocycles. The van der Waals surface area contributed by atoms with Crippen molar-refractivity contribution in [1.82, 2.24) is 0 Å². The van der Waals surface area contributed by atoms with Crippen LogP contribution in [0.2, 0.25) is 0 Å². The highest BCUT2D eigenvalue weighted by molar-refractivity contribution is 6.52. The number of ketones is 1. The molecule has 1 amide bonds. The minimum Gasteiger partial charge on any atom is -0.396 e. The molecule has 0 bridgehead atoms. The molecule has 4 nitrogen and oxygen atoms in total. The topological polar surface area (TPSA) is 57.6 Å². The molecule has 17 heavy (non-hydrogen) atoms. The third kappa shape index (κ3) is 1.82. The predicted octanol–water partition coefficient (Wildman–Crippen LogP) is 1.05. The Morgan fingerprint density at radius 1 is 1.35 bits per heavy atom. The van der Waals surface area contributed by atoms with E-state index in [0.717, 1.165) is 6.07 Å². The first-order valence-corrected chi connectivity index (χ1v) is 5.33. The number of halogens is 1. The number of amides is 1. The number of benzene rings is 1. The number of rotatable bonds is 3. The standard InChI is InChI=1S/C12H12FNO3/c1-7-5-8(13)6-9-10(7)14(3-2-4-15)12(17)11(9)16/h5-6,15H,2-4H2,1H3. The average Bonchev–Trinajstić information content (AvgIpc) is 2.51. The number of carbonyl (C=O) groups excluding carboxylic acids is 2. The van der Waals surface area contributed by atoms with Crippen LogP contribution < -0.4 is 4.90 Å². The zero-order chi connectivity index (χ0) is 12.6. The molecular weight excluding hydrogens is 225 g/mol. The van der Waals surface area contributed by atoms with Gasteiger partial charge in [0.2, 0.25) is 0 Å². The van der Waals surface area contributed by atoms with Gasteiger partial charge >= 0.3 is 0 Å². The molecule has 1 aromatic carbocycles. The molecule has 0 saturated heterocycles. The van der Waals surface area contributed by atoms with Crippen molar-refractivity contribution in [3.63, 3.8) is 0 Å². The van der Waals surface area contributed by atoms with E-state index >= 15 is 0 Å². The summed E-state index contributed by atoms with van der Waals surface area (Å²) < 4.78 is 13.2. The molecule has 5 heteroatoms. The summed E-state index contributed by atoms with van der Waals surface area (Å²) in [7, 11) is 0. The van der Waals surface area contributed by atoms with E-state index in [1.807, 2.05) is 0 Å². The SMILES string of the molecule is Cc1cc(F)cc2c1N(CCCO)C(=O)C2=O. The number of nitrogens with zero attached hydrogens (tertiary/aromatic N) is 1. The molecule has 1 aliphatic rings. The van der Waals surface area contributed by atoms with Crippen molar-refractivity contribution in [3.8, 4) is 0 Å². The molecule has 1 aliphatic heterocycles. The number of hydrogen-bond donors (Lipinski definition) is 1. The van der Waals surface area contributed by atoms with Crippen molar-refractivity contribution in [1.29, 1.82) is 0 Å². The van der Waals surface area contributed by atoms with Crippen LogP contribution in [-0.2, 0) is 4.79 Å². The Morgan fingerprint density at radius 2 is 2.06 bits per heavy atom. The lowest BCUT2D eigenvalue weighted by molar-refractivity contribution is -0.114. The Balaban J connectivity index is 2.48. The van der Waals surface area contributed by atoms with E-state index in [0.29, 0.717) is 17.7 Å². The second-order valence-corrected chi connectivity index (χ2v) is 3.98. The van der Waals surface area contributed by atoms with Gasteiger partial charge in [-0.25, -0.2) is 4.39 Å². The van der Waals surface area contributed by atoms with E-state index in [1.165, 1.54) is 11.0 Å². The van der Waals surface area contributed by atoms with Gasteiger partial charge in [0.05, 0.1) is 11.3 Å². The van der Waals surface area contributed by atoms with Crippen LogP contribution in [0.5, 0.6) is 0 Å². The predicted molar refractivity (Wildman–Crippen MR) is 59.5 cm³/mol. The quantitative estimate of drug-likeness (QED) is 0.799. The Kier molecular flexibility index (Phi) is 2.93. The van der Waals surface area contributed by atoms with Gasteiger partial charge in [0, 0.05) is 13.2 Å². The Morgan fingerprint density at radius 3 is 2.71 bits per heavy atom. The summed E-state index contributed by atoms with van der Waals surface area (Å²) >= 11 is 0. The van der Waals surface area contributed by atoms with Crippen molar-refractivity contribution in [2.75, 3.05) is 18.1 Å². The highest BCUT2D eigenvalue weighted by atomic mass is 19.1. The fourth-order valence-corrected chi connectivity index (χ4v) is 2.05. The van der Waals surface area contributed by atoms with Gasteiger partial charge in [0.25, 0.3) is 11.7 Å². The lowest BCUT2D eigenvalue weighted by Crippen LogP contribution is -2.31. The number of aryl methyl sites for hydroxylation is 1. The van der Waals surface area contributed by atoms with E-state index in [9.17, 15) is 14.0 Å². The summed E-state index contributed by atoms with van der Waals surface area (Å²) in [6.07, 6.45) is 0.384. The summed E-state index contributed by atoms with van der Waals surface area (Å²) in [5.74, 6) is -1.85. The molecule has 0 spiro atoms. The maximum absolute atomic E-state index is 13.2. The molecule has 90 valence electrons. The largest absolute Gasteiger partial charge is 0.396 e. The second kappa shape index (κ2) is 4.25. The number of Topliss-reactive ketones (excluding diaryl/α,β-unsaturated/α-hetero) is 1. The summed E-state index contributed by atoms with van der Waals surface area (Å²) in [6.45, 7) is 1.85. The van der Waals surface area contributed by atoms with Crippen molar-refractivity contribution >= 4 is 17.4 Å². The monoisotopic (exact) mass is 237 g/mol. The summed E-state index contributed by atoms with van der Waals surface area (Å²) in [4.78, 5) is 24.7. The zero-order valence-corrected chi connectivity index (χ0v) is 9.36. The first-order valence-electron chi connectivity index (χ1n) is 5.33. The van der Waals surface area contributed by atoms with Crippen LogP contribution in [0.15, 0.2) is 12.1 Å². The lowest BCUT2D eigenvalue weighted by atomic mass is 10.1. The van der Waals surface area contributed by atoms with Gasteiger partial charge in [-0.05, 0) is 31.0 Å². The lowest BCUT2D eigenvalue weighted by Gasteiger charge is -2.17. The van der Waals surface area contributed by atoms with Gasteiger partial charge in [-0.15, -0.1) is 0 Å². The summed E-state index contributed by atoms with van der Waals surface area (Å²) in [5, 5.41) is 8.76. The van der Waals surface area contributed by atoms with Gasteiger partial charge in [-0.1, -0.05) is 0 Å². The maximum atomic E-state index is 13.2. The van der Waals surface area contributed by atoms with Gasteiger partial charge in [0.1, 0.15) is 5.82 Å². The normalized spacial score (nSPS) is 14.4. The third-order valence-electron chi connectivity index (χ3n) is 2.76. The van der Waals surface area contributed by atoms with E-state index in [1.54, 1.807) is 6.92 Å². The van der Waals surface area contributed by atoms with Gasteiger partial charge in [-0.2, -0.15) is 0 Å². The molecule has 0 fully saturated rings. The van der Waals surface area contributed by atoms with Crippen LogP contribution in [0.3, 0.4) is 0 Å². The molecular formula is C12H12FNO3. The Hall–Kier alpha value is -1.75. The zero-order valence-electron chi connectivity index (χ0n) is 9.36. The number of anilines is 1. The van der Waals surface area contributed by atoms with E-state index < -0.39 is 17.5 Å². The molecule has 0 aromatic heterocycles. The molecule has 0 radical (unpaired) electrons. The van der Waals surface area contributed by atoms with Crippen LogP contribution >= 0.6 is 0 Å². The number of aliphatic hydroxyl groups is 1. The molecule has 2 rings (SSSR count). The summed E-state index contributed by atoms with van der Waals surface area (Å²) in [6, 6.07) is 2.37. The Bertz CT molecular complexity index is 499. The van der Waals surface area contributed by atoms with Crippen molar-refractivity contribution < 1.29 is 19.1 Å². The summed E-state index contributed by atoms with van der Waals surface area (Å²) in [5.41, 5.74) is 1.14. The number of aliphatic hydroxyl groups excluding tert-OH is 1. The van der Waals surface area contributed by atoms with Gasteiger partial charge in [0.15, 0.2) is 0 Å². The maximum Gasteiger partial charge on any atom is 0.299 e. The van der Waals surface area contributed by atoms with Crippen molar-refractivity contribution in [3.05, 3.63) is 29.1 Å². The fraction of sp³-hybridized carbons (Fsp3) is 0.333. The van der Waals surface area contributed by atoms with Crippen LogP contribution in [-0.4, -0.2) is 29.9 Å². The number of fused-ring (bicyclic) bond motifs is 1. The molecule has 1 N–H and O–H groups in total. The fourth-order valence-electron chi connectivity index (χ4n) is 2.05. The first kappa shape index (κ1) is 11.7. The highest BCUT2D eigenvalue weighted by Gasteiger charge is 2.36. The van der Waals surface area contributed by atoms with Crippen molar-refractivity contribution in [2.24, 2.45) is 0 Å². The number of hydrogen-bond acceptors (Lipinski definition) is 3. The van der Waals surface area contributed by atoms with Crippen LogP contribution in [0.25, 0.3) is 0 Å². The van der Waals surface area contributed by atoms with E-state index in [4.69, 9.17) is 5.11 Å². The number of carbonyl (C=O) groups is 2. The van der Waals surface area contributed by atoms with Gasteiger partial charge < -0.3 is 10.0 Å². The highest BCUT2D eigenvalue weighted by Crippen LogP contribution is 2.33. The van der Waals surface area contributed by atoms with E-state index in [-0.39, 0.29) is 18.7 Å². The molecule has 0 atom stereocenters. The van der Waals surface area contributed by atoms with Crippen LogP contribution in [0.4, 0.5) is 10.1 Å². The smallest absolute Gasteiger partial charge is 0.299 e. The molecule has 0 saturated carbocycles. The molecule has 0 aliphatic carbocycles. The first-order chi connectivity index (χ1) is 8.06. The third-order valence-corrected chi connectivity index (χ3v) is 2.76.